The maximum Gasteiger partial charge on any atom is 0.258 e. The molecule has 2 bridgehead atoms. The van der Waals surface area contributed by atoms with E-state index in [1.54, 1.807) is 0 Å². The molecule has 3 fully saturated rings. The number of nitrogens with zero attached hydrogens (tertiary/aromatic N) is 2. The first kappa shape index (κ1) is 12.0. The molecule has 1 aromatic carbocycles. The van der Waals surface area contributed by atoms with Gasteiger partial charge >= 0.3 is 0 Å². The molecule has 104 valence electrons. The molecular formula is C14H15FN4O. The number of fused-ring (bicyclic) bond motifs is 3. The first-order valence-corrected chi connectivity index (χ1v) is 6.84. The van der Waals surface area contributed by atoms with Gasteiger partial charge in [-0.05, 0) is 18.6 Å². The van der Waals surface area contributed by atoms with E-state index < -0.39 is 0 Å². The van der Waals surface area contributed by atoms with Crippen LogP contribution in [-0.4, -0.2) is 40.0 Å². The Hall–Kier alpha value is -1.79. The van der Waals surface area contributed by atoms with Crippen LogP contribution >= 0.6 is 0 Å². The fourth-order valence-corrected chi connectivity index (χ4v) is 3.18. The number of benzene rings is 1. The van der Waals surface area contributed by atoms with Crippen molar-refractivity contribution in [2.45, 2.75) is 25.0 Å². The van der Waals surface area contributed by atoms with Crippen molar-refractivity contribution < 1.29 is 4.39 Å². The van der Waals surface area contributed by atoms with Gasteiger partial charge in [0.05, 0.1) is 17.4 Å². The minimum absolute atomic E-state index is 0.203. The Balaban J connectivity index is 1.64. The van der Waals surface area contributed by atoms with Gasteiger partial charge in [0, 0.05) is 31.2 Å². The molecule has 20 heavy (non-hydrogen) atoms. The van der Waals surface area contributed by atoms with Crippen LogP contribution in [-0.2, 0) is 6.54 Å². The Morgan fingerprint density at radius 2 is 2.10 bits per heavy atom. The van der Waals surface area contributed by atoms with Crippen LogP contribution in [0.3, 0.4) is 0 Å². The lowest BCUT2D eigenvalue weighted by molar-refractivity contribution is 0.0707. The lowest BCUT2D eigenvalue weighted by Crippen LogP contribution is -2.66. The van der Waals surface area contributed by atoms with Crippen molar-refractivity contribution >= 4 is 10.9 Å². The third-order valence-electron chi connectivity index (χ3n) is 4.09. The van der Waals surface area contributed by atoms with Crippen LogP contribution in [0.25, 0.3) is 10.9 Å². The number of piperazine rings is 1. The second-order valence-corrected chi connectivity index (χ2v) is 5.66. The van der Waals surface area contributed by atoms with E-state index in [0.29, 0.717) is 35.4 Å². The lowest BCUT2D eigenvalue weighted by Gasteiger charge is -2.48. The van der Waals surface area contributed by atoms with E-state index in [-0.39, 0.29) is 11.4 Å². The second-order valence-electron chi connectivity index (χ2n) is 5.66. The Labute approximate surface area is 114 Å². The Morgan fingerprint density at radius 1 is 1.35 bits per heavy atom. The molecule has 5 rings (SSSR count). The second kappa shape index (κ2) is 4.36. The van der Waals surface area contributed by atoms with Crippen molar-refractivity contribution in [1.29, 1.82) is 0 Å². The molecule has 2 N–H and O–H groups in total. The number of halogens is 1. The number of hydrogen-bond donors (Lipinski definition) is 2. The Kier molecular flexibility index (Phi) is 2.61. The van der Waals surface area contributed by atoms with Crippen LogP contribution in [0, 0.1) is 5.82 Å². The van der Waals surface area contributed by atoms with Crippen LogP contribution < -0.4 is 10.9 Å². The topological polar surface area (TPSA) is 61.0 Å². The zero-order valence-corrected chi connectivity index (χ0v) is 10.9. The molecule has 2 atom stereocenters. The fourth-order valence-electron chi connectivity index (χ4n) is 3.18. The monoisotopic (exact) mass is 274 g/mol. The number of hydrogen-bond acceptors (Lipinski definition) is 4. The summed E-state index contributed by atoms with van der Waals surface area (Å²) in [4.78, 5) is 21.4. The van der Waals surface area contributed by atoms with Gasteiger partial charge in [-0.2, -0.15) is 0 Å². The van der Waals surface area contributed by atoms with E-state index in [4.69, 9.17) is 0 Å². The van der Waals surface area contributed by atoms with E-state index in [2.05, 4.69) is 20.2 Å². The molecule has 3 aliphatic rings. The van der Waals surface area contributed by atoms with Gasteiger partial charge in [0.1, 0.15) is 11.6 Å². The van der Waals surface area contributed by atoms with Gasteiger partial charge in [0.2, 0.25) is 0 Å². The highest BCUT2D eigenvalue weighted by molar-refractivity contribution is 5.77. The molecule has 4 heterocycles. The molecule has 0 radical (unpaired) electrons. The van der Waals surface area contributed by atoms with Crippen LogP contribution in [0.4, 0.5) is 4.39 Å². The van der Waals surface area contributed by atoms with Crippen molar-refractivity contribution in [3.05, 3.63) is 40.2 Å². The first-order valence-electron chi connectivity index (χ1n) is 6.84. The quantitative estimate of drug-likeness (QED) is 0.842. The van der Waals surface area contributed by atoms with E-state index in [1.807, 2.05) is 0 Å². The summed E-state index contributed by atoms with van der Waals surface area (Å²) < 4.78 is 13.2. The highest BCUT2D eigenvalue weighted by atomic mass is 19.1. The molecular weight excluding hydrogens is 259 g/mol. The van der Waals surface area contributed by atoms with E-state index in [1.165, 1.54) is 24.6 Å². The average molecular weight is 274 g/mol. The normalized spacial score (nSPS) is 25.6. The zero-order chi connectivity index (χ0) is 13.7. The van der Waals surface area contributed by atoms with Gasteiger partial charge in [-0.25, -0.2) is 9.37 Å². The van der Waals surface area contributed by atoms with Gasteiger partial charge in [-0.1, -0.05) is 0 Å². The predicted molar refractivity (Wildman–Crippen MR) is 72.9 cm³/mol. The Morgan fingerprint density at radius 3 is 2.85 bits per heavy atom. The summed E-state index contributed by atoms with van der Waals surface area (Å²) in [7, 11) is 0. The maximum atomic E-state index is 13.2. The van der Waals surface area contributed by atoms with Gasteiger partial charge in [-0.15, -0.1) is 0 Å². The number of aromatic nitrogens is 2. The standard InChI is InChI=1S/C14H15FN4O/c15-8-1-2-11-12(3-8)17-13(18-14(11)20)7-19-5-9-4-10(6-19)16-9/h1-3,9-10,16H,4-7H2,(H,17,18,20). The SMILES string of the molecule is O=c1[nH]c(CN2CC3CC(C2)N3)nc2cc(F)ccc12. The minimum atomic E-state index is -0.370. The molecule has 1 aromatic heterocycles. The summed E-state index contributed by atoms with van der Waals surface area (Å²) in [6.45, 7) is 2.55. The third-order valence-corrected chi connectivity index (χ3v) is 4.09. The minimum Gasteiger partial charge on any atom is -0.309 e. The summed E-state index contributed by atoms with van der Waals surface area (Å²) in [5.74, 6) is 0.236. The molecule has 3 saturated heterocycles. The molecule has 3 aliphatic heterocycles. The van der Waals surface area contributed by atoms with Crippen LogP contribution in [0.2, 0.25) is 0 Å². The number of rotatable bonds is 2. The Bertz CT molecular complexity index is 713. The van der Waals surface area contributed by atoms with Gasteiger partial charge in [0.25, 0.3) is 5.56 Å². The predicted octanol–water partition coefficient (Wildman–Crippen LogP) is 0.608. The molecule has 5 nitrogen and oxygen atoms in total. The van der Waals surface area contributed by atoms with Crippen molar-refractivity contribution in [3.8, 4) is 0 Å². The smallest absolute Gasteiger partial charge is 0.258 e. The summed E-state index contributed by atoms with van der Waals surface area (Å²) >= 11 is 0. The van der Waals surface area contributed by atoms with E-state index >= 15 is 0 Å². The summed E-state index contributed by atoms with van der Waals surface area (Å²) in [6, 6.07) is 5.20. The van der Waals surface area contributed by atoms with Crippen LogP contribution in [0.1, 0.15) is 12.2 Å². The van der Waals surface area contributed by atoms with Gasteiger partial charge in [-0.3, -0.25) is 9.69 Å². The van der Waals surface area contributed by atoms with Crippen molar-refractivity contribution in [2.75, 3.05) is 13.1 Å². The summed E-state index contributed by atoms with van der Waals surface area (Å²) in [5, 5.41) is 3.89. The first-order chi connectivity index (χ1) is 9.67. The highest BCUT2D eigenvalue weighted by Crippen LogP contribution is 2.21. The highest BCUT2D eigenvalue weighted by Gasteiger charge is 2.36. The van der Waals surface area contributed by atoms with Crippen LogP contribution in [0.5, 0.6) is 0 Å². The van der Waals surface area contributed by atoms with Crippen LogP contribution in [0.15, 0.2) is 23.0 Å². The summed E-state index contributed by atoms with van der Waals surface area (Å²) in [6.07, 6.45) is 1.24. The van der Waals surface area contributed by atoms with E-state index in [0.717, 1.165) is 13.1 Å². The molecule has 0 aliphatic carbocycles. The summed E-state index contributed by atoms with van der Waals surface area (Å²) in [5.41, 5.74) is 0.217. The van der Waals surface area contributed by atoms with Crippen molar-refractivity contribution in [3.63, 3.8) is 0 Å². The largest absolute Gasteiger partial charge is 0.309 e. The number of H-pyrrole nitrogens is 1. The van der Waals surface area contributed by atoms with Gasteiger partial charge < -0.3 is 10.3 Å². The van der Waals surface area contributed by atoms with Crippen molar-refractivity contribution in [1.82, 2.24) is 20.2 Å². The van der Waals surface area contributed by atoms with Crippen molar-refractivity contribution in [2.24, 2.45) is 0 Å². The molecule has 0 amide bonds. The number of piperidine rings is 1. The van der Waals surface area contributed by atoms with Gasteiger partial charge in [0.15, 0.2) is 0 Å². The fraction of sp³-hybridized carbons (Fsp3) is 0.429. The number of nitrogens with one attached hydrogen (secondary N) is 2. The lowest BCUT2D eigenvalue weighted by atomic mass is 9.91. The van der Waals surface area contributed by atoms with E-state index in [9.17, 15) is 9.18 Å². The number of aromatic amines is 1. The molecule has 0 saturated carbocycles. The average Bonchev–Trinajstić information content (AvgIpc) is 2.37. The molecule has 2 unspecified atom stereocenters. The third kappa shape index (κ3) is 2.01. The molecule has 2 aromatic rings. The molecule has 6 heteroatoms. The zero-order valence-electron chi connectivity index (χ0n) is 10.9. The molecule has 0 spiro atoms. The maximum absolute atomic E-state index is 13.2.